The maximum absolute atomic E-state index is 11.6. The molecule has 1 amide bonds. The number of nitrogens with zero attached hydrogens (tertiary/aromatic N) is 5. The van der Waals surface area contributed by atoms with Crippen molar-refractivity contribution in [3.05, 3.63) is 41.5 Å². The predicted octanol–water partition coefficient (Wildman–Crippen LogP) is 1.50. The van der Waals surface area contributed by atoms with E-state index in [4.69, 9.17) is 10.5 Å². The van der Waals surface area contributed by atoms with Crippen LogP contribution in [0.1, 0.15) is 41.0 Å². The highest BCUT2D eigenvalue weighted by Gasteiger charge is 2.53. The highest BCUT2D eigenvalue weighted by molar-refractivity contribution is 5.90. The summed E-state index contributed by atoms with van der Waals surface area (Å²) in [5.74, 6) is 0.188. The summed E-state index contributed by atoms with van der Waals surface area (Å²) < 4.78 is 8.07. The molecule has 0 unspecified atom stereocenters. The summed E-state index contributed by atoms with van der Waals surface area (Å²) in [6.07, 6.45) is 6.89. The fourth-order valence-corrected chi connectivity index (χ4v) is 5.07. The third-order valence-corrected chi connectivity index (χ3v) is 6.27. The van der Waals surface area contributed by atoms with E-state index in [2.05, 4.69) is 20.2 Å². The number of likely N-dealkylation sites (tertiary alicyclic amines) is 1. The minimum Gasteiger partial charge on any atom is -0.373 e. The molecule has 0 aromatic carbocycles. The van der Waals surface area contributed by atoms with E-state index < -0.39 is 11.5 Å². The molecule has 1 aliphatic carbocycles. The minimum absolute atomic E-state index is 0. The number of ether oxygens (including phenoxy) is 1. The Morgan fingerprint density at radius 1 is 1.36 bits per heavy atom. The minimum atomic E-state index is -0.505. The number of pyridine rings is 1. The van der Waals surface area contributed by atoms with E-state index in [1.807, 2.05) is 30.1 Å². The van der Waals surface area contributed by atoms with E-state index in [1.165, 1.54) is 6.42 Å². The number of hydrogen-bond acceptors (Lipinski definition) is 6. The van der Waals surface area contributed by atoms with Gasteiger partial charge < -0.3 is 10.5 Å². The van der Waals surface area contributed by atoms with E-state index in [0.717, 1.165) is 43.7 Å². The van der Waals surface area contributed by atoms with Crippen LogP contribution in [0.15, 0.2) is 24.5 Å². The van der Waals surface area contributed by atoms with Gasteiger partial charge in [-0.25, -0.2) is 0 Å². The lowest BCUT2D eigenvalue weighted by molar-refractivity contribution is -0.170. The topological polar surface area (TPSA) is 99.2 Å². The Kier molecular flexibility index (Phi) is 6.02. The Hall–Kier alpha value is -2.03. The van der Waals surface area contributed by atoms with Gasteiger partial charge in [-0.05, 0) is 30.5 Å². The summed E-state index contributed by atoms with van der Waals surface area (Å²) in [5.41, 5.74) is 7.49. The maximum atomic E-state index is 11.6. The number of methoxy groups -OCH3 is 1. The number of nitrogens with two attached hydrogens (primary N) is 1. The zero-order valence-corrected chi connectivity index (χ0v) is 17.1. The number of piperidine rings is 1. The maximum Gasteiger partial charge on any atom is 0.267 e. The van der Waals surface area contributed by atoms with Crippen LogP contribution >= 0.6 is 12.4 Å². The van der Waals surface area contributed by atoms with Crippen molar-refractivity contribution >= 4 is 18.3 Å². The van der Waals surface area contributed by atoms with Gasteiger partial charge in [-0.1, -0.05) is 11.6 Å². The fourth-order valence-electron chi connectivity index (χ4n) is 5.07. The van der Waals surface area contributed by atoms with Crippen LogP contribution < -0.4 is 5.73 Å². The van der Waals surface area contributed by atoms with Gasteiger partial charge in [0.2, 0.25) is 0 Å². The van der Waals surface area contributed by atoms with E-state index in [1.54, 1.807) is 13.3 Å². The van der Waals surface area contributed by atoms with E-state index in [0.29, 0.717) is 17.5 Å². The average Bonchev–Trinajstić information content (AvgIpc) is 3.05. The number of primary amides is 1. The molecule has 1 saturated heterocycles. The van der Waals surface area contributed by atoms with Crippen LogP contribution in [-0.2, 0) is 23.9 Å². The largest absolute Gasteiger partial charge is 0.373 e. The molecule has 2 aromatic heterocycles. The second kappa shape index (κ2) is 8.14. The predicted molar refractivity (Wildman–Crippen MR) is 106 cm³/mol. The van der Waals surface area contributed by atoms with Gasteiger partial charge >= 0.3 is 0 Å². The molecule has 2 N–H and O–H groups in total. The van der Waals surface area contributed by atoms with E-state index in [9.17, 15) is 4.79 Å². The van der Waals surface area contributed by atoms with Crippen molar-refractivity contribution < 1.29 is 9.53 Å². The number of fused-ring (bicyclic) bond motifs is 2. The van der Waals surface area contributed by atoms with Gasteiger partial charge in [0.15, 0.2) is 0 Å². The first kappa shape index (κ1) is 20.7. The van der Waals surface area contributed by atoms with Gasteiger partial charge in [0.1, 0.15) is 11.3 Å². The zero-order valence-electron chi connectivity index (χ0n) is 16.2. The Morgan fingerprint density at radius 2 is 2.07 bits per heavy atom. The number of halogens is 1. The standard InChI is InChI=1S/C19H26N6O2.ClH/c1-24-16(9-22-23-24)12-25-10-14-4-3-5-15(11-25)19(14,27-2)13-6-7-21-17(8-13)18(20)26;/h6-9,14-15H,3-5,10-12H2,1-2H3,(H2,20,26);1H/t14-,15+,19-;. The van der Waals surface area contributed by atoms with Crippen LogP contribution in [0.3, 0.4) is 0 Å². The number of carbonyl (C=O) groups is 1. The highest BCUT2D eigenvalue weighted by atomic mass is 35.5. The molecule has 2 aromatic rings. The molecule has 3 heterocycles. The van der Waals surface area contributed by atoms with Gasteiger partial charge in [0, 0.05) is 51.8 Å². The Morgan fingerprint density at radius 3 is 2.64 bits per heavy atom. The molecule has 4 rings (SSSR count). The van der Waals surface area contributed by atoms with Crippen molar-refractivity contribution in [3.63, 3.8) is 0 Å². The number of hydrogen-bond donors (Lipinski definition) is 1. The molecule has 2 aliphatic rings. The third-order valence-electron chi connectivity index (χ3n) is 6.27. The molecule has 152 valence electrons. The van der Waals surface area contributed by atoms with Crippen LogP contribution in [-0.4, -0.2) is 51.0 Å². The number of rotatable bonds is 5. The molecule has 2 fully saturated rings. The normalized spacial score (nSPS) is 27.2. The summed E-state index contributed by atoms with van der Waals surface area (Å²) in [6.45, 7) is 2.70. The van der Waals surface area contributed by atoms with Crippen LogP contribution in [0.25, 0.3) is 0 Å². The van der Waals surface area contributed by atoms with Gasteiger partial charge in [0.05, 0.1) is 11.9 Å². The van der Waals surface area contributed by atoms with Crippen molar-refractivity contribution in [2.24, 2.45) is 24.6 Å². The van der Waals surface area contributed by atoms with Crippen molar-refractivity contribution in [1.29, 1.82) is 0 Å². The molecule has 8 nitrogen and oxygen atoms in total. The second-order valence-electron chi connectivity index (χ2n) is 7.66. The molecule has 3 atom stereocenters. The van der Waals surface area contributed by atoms with Crippen molar-refractivity contribution in [1.82, 2.24) is 24.9 Å². The third kappa shape index (κ3) is 3.40. The molecule has 1 saturated carbocycles. The fraction of sp³-hybridized carbons (Fsp3) is 0.579. The number of aryl methyl sites for hydroxylation is 1. The molecule has 1 aliphatic heterocycles. The Balaban J connectivity index is 0.00000225. The lowest BCUT2D eigenvalue weighted by Gasteiger charge is -2.55. The van der Waals surface area contributed by atoms with Crippen LogP contribution in [0.4, 0.5) is 0 Å². The first-order valence-corrected chi connectivity index (χ1v) is 9.42. The Bertz CT molecular complexity index is 827. The van der Waals surface area contributed by atoms with Gasteiger partial charge in [-0.2, -0.15) is 0 Å². The summed E-state index contributed by atoms with van der Waals surface area (Å²) in [5, 5.41) is 8.03. The lowest BCUT2D eigenvalue weighted by atomic mass is 9.62. The van der Waals surface area contributed by atoms with Crippen molar-refractivity contribution in [2.45, 2.75) is 31.4 Å². The summed E-state index contributed by atoms with van der Waals surface area (Å²) in [7, 11) is 3.71. The quantitative estimate of drug-likeness (QED) is 0.807. The highest BCUT2D eigenvalue weighted by Crippen LogP contribution is 2.51. The van der Waals surface area contributed by atoms with Gasteiger partial charge in [0.25, 0.3) is 5.91 Å². The lowest BCUT2D eigenvalue weighted by Crippen LogP contribution is -2.58. The second-order valence-corrected chi connectivity index (χ2v) is 7.66. The molecule has 0 radical (unpaired) electrons. The molecule has 2 bridgehead atoms. The SMILES string of the molecule is CO[C@]1(c2ccnc(C(N)=O)c2)[C@@H]2CCC[C@H]1CN(Cc1cnnn1C)C2.Cl. The summed E-state index contributed by atoms with van der Waals surface area (Å²) >= 11 is 0. The molecule has 28 heavy (non-hydrogen) atoms. The summed E-state index contributed by atoms with van der Waals surface area (Å²) in [6, 6.07) is 3.79. The average molecular weight is 407 g/mol. The first-order valence-electron chi connectivity index (χ1n) is 9.42. The monoisotopic (exact) mass is 406 g/mol. The van der Waals surface area contributed by atoms with Crippen LogP contribution in [0.5, 0.6) is 0 Å². The number of amides is 1. The summed E-state index contributed by atoms with van der Waals surface area (Å²) in [4.78, 5) is 18.2. The Labute approximate surface area is 170 Å². The van der Waals surface area contributed by atoms with Crippen molar-refractivity contribution in [2.75, 3.05) is 20.2 Å². The first-order chi connectivity index (χ1) is 13.0. The van der Waals surface area contributed by atoms with E-state index >= 15 is 0 Å². The molecular formula is C19H27ClN6O2. The zero-order chi connectivity index (χ0) is 19.0. The van der Waals surface area contributed by atoms with Gasteiger partial charge in [-0.15, -0.1) is 17.5 Å². The molecular weight excluding hydrogens is 380 g/mol. The van der Waals surface area contributed by atoms with Gasteiger partial charge in [-0.3, -0.25) is 19.4 Å². The number of aromatic nitrogens is 4. The van der Waals surface area contributed by atoms with Crippen LogP contribution in [0, 0.1) is 11.8 Å². The smallest absolute Gasteiger partial charge is 0.267 e. The van der Waals surface area contributed by atoms with Crippen LogP contribution in [0.2, 0.25) is 0 Å². The van der Waals surface area contributed by atoms with Crippen molar-refractivity contribution in [3.8, 4) is 0 Å². The van der Waals surface area contributed by atoms with E-state index in [-0.39, 0.29) is 12.4 Å². The molecule has 0 spiro atoms. The molecule has 9 heteroatoms. The number of carbonyl (C=O) groups excluding carboxylic acids is 1.